The number of hydrogen-bond acceptors (Lipinski definition) is 3. The van der Waals surface area contributed by atoms with Crippen LogP contribution in [0.1, 0.15) is 36.3 Å². The minimum Gasteiger partial charge on any atom is -0.492 e. The summed E-state index contributed by atoms with van der Waals surface area (Å²) < 4.78 is 5.55. The molecule has 0 fully saturated rings. The Morgan fingerprint density at radius 3 is 3.04 bits per heavy atom. The maximum Gasteiger partial charge on any atom is 0.220 e. The average Bonchev–Trinajstić information content (AvgIpc) is 2.99. The second-order valence-corrected chi connectivity index (χ2v) is 5.88. The first-order valence-electron chi connectivity index (χ1n) is 8.20. The summed E-state index contributed by atoms with van der Waals surface area (Å²) in [5.41, 5.74) is 2.75. The average molecular weight is 310 g/mol. The third kappa shape index (κ3) is 4.31. The Morgan fingerprint density at radius 1 is 1.26 bits per heavy atom. The maximum absolute atomic E-state index is 12.1. The molecule has 1 aliphatic carbocycles. The standard InChI is InChI=1S/C19H22N2O2/c22-19(13-16-9-8-15-5-1-2-7-18(15)16)21-11-4-12-23-17-6-3-10-20-14-17/h1-3,5-7,10,14,16H,4,8-9,11-13H2,(H,21,22)/t16-/m0/s1. The fraction of sp³-hybridized carbons (Fsp3) is 0.368. The number of ether oxygens (including phenoxy) is 1. The Labute approximate surface area is 136 Å². The van der Waals surface area contributed by atoms with Crippen molar-refractivity contribution in [2.75, 3.05) is 13.2 Å². The SMILES string of the molecule is O=C(C[C@@H]1CCc2ccccc21)NCCCOc1cccnc1. The van der Waals surface area contributed by atoms with E-state index in [2.05, 4.69) is 34.6 Å². The monoisotopic (exact) mass is 310 g/mol. The van der Waals surface area contributed by atoms with Crippen LogP contribution in [0.2, 0.25) is 0 Å². The van der Waals surface area contributed by atoms with Gasteiger partial charge in [-0.05, 0) is 48.4 Å². The molecule has 1 aromatic heterocycles. The van der Waals surface area contributed by atoms with Gasteiger partial charge in [0.15, 0.2) is 0 Å². The Morgan fingerprint density at radius 2 is 2.17 bits per heavy atom. The molecule has 1 amide bonds. The number of carbonyl (C=O) groups excluding carboxylic acids is 1. The molecule has 0 unspecified atom stereocenters. The molecule has 0 aliphatic heterocycles. The summed E-state index contributed by atoms with van der Waals surface area (Å²) in [7, 11) is 0. The molecule has 1 N–H and O–H groups in total. The van der Waals surface area contributed by atoms with Gasteiger partial charge in [-0.1, -0.05) is 24.3 Å². The molecule has 120 valence electrons. The summed E-state index contributed by atoms with van der Waals surface area (Å²) in [6, 6.07) is 12.2. The van der Waals surface area contributed by atoms with E-state index in [0.29, 0.717) is 25.5 Å². The highest BCUT2D eigenvalue weighted by atomic mass is 16.5. The number of aryl methyl sites for hydroxylation is 1. The van der Waals surface area contributed by atoms with Gasteiger partial charge in [-0.2, -0.15) is 0 Å². The number of rotatable bonds is 7. The van der Waals surface area contributed by atoms with Crippen LogP contribution in [0.15, 0.2) is 48.8 Å². The molecule has 0 saturated carbocycles. The van der Waals surface area contributed by atoms with Crippen molar-refractivity contribution in [1.82, 2.24) is 10.3 Å². The summed E-state index contributed by atoms with van der Waals surface area (Å²) >= 11 is 0. The first kappa shape index (κ1) is 15.5. The van der Waals surface area contributed by atoms with E-state index in [0.717, 1.165) is 25.0 Å². The molecule has 0 saturated heterocycles. The predicted octanol–water partition coefficient (Wildman–Crippen LogP) is 3.09. The molecule has 1 aliphatic rings. The van der Waals surface area contributed by atoms with E-state index in [1.54, 1.807) is 12.4 Å². The Hall–Kier alpha value is -2.36. The third-order valence-electron chi connectivity index (χ3n) is 4.24. The highest BCUT2D eigenvalue weighted by Crippen LogP contribution is 2.34. The van der Waals surface area contributed by atoms with Gasteiger partial charge in [0.2, 0.25) is 5.91 Å². The van der Waals surface area contributed by atoms with Gasteiger partial charge in [0.05, 0.1) is 12.8 Å². The fourth-order valence-electron chi connectivity index (χ4n) is 3.08. The van der Waals surface area contributed by atoms with Crippen molar-refractivity contribution in [3.63, 3.8) is 0 Å². The minimum absolute atomic E-state index is 0.132. The minimum atomic E-state index is 0.132. The number of amides is 1. The molecule has 0 spiro atoms. The van der Waals surface area contributed by atoms with Crippen LogP contribution in [-0.4, -0.2) is 24.0 Å². The molecular formula is C19H22N2O2. The highest BCUT2D eigenvalue weighted by Gasteiger charge is 2.23. The van der Waals surface area contributed by atoms with Crippen LogP contribution in [-0.2, 0) is 11.2 Å². The molecule has 3 rings (SSSR count). The first-order chi connectivity index (χ1) is 11.3. The van der Waals surface area contributed by atoms with E-state index < -0.39 is 0 Å². The number of hydrogen-bond donors (Lipinski definition) is 1. The van der Waals surface area contributed by atoms with E-state index >= 15 is 0 Å². The quantitative estimate of drug-likeness (QED) is 0.800. The zero-order valence-electron chi connectivity index (χ0n) is 13.2. The van der Waals surface area contributed by atoms with Gasteiger partial charge >= 0.3 is 0 Å². The van der Waals surface area contributed by atoms with Gasteiger partial charge in [-0.15, -0.1) is 0 Å². The smallest absolute Gasteiger partial charge is 0.220 e. The lowest BCUT2D eigenvalue weighted by Gasteiger charge is -2.12. The zero-order chi connectivity index (χ0) is 15.9. The number of nitrogens with one attached hydrogen (secondary N) is 1. The van der Waals surface area contributed by atoms with E-state index in [4.69, 9.17) is 4.74 Å². The Balaban J connectivity index is 1.34. The van der Waals surface area contributed by atoms with Crippen LogP contribution in [0, 0.1) is 0 Å². The summed E-state index contributed by atoms with van der Waals surface area (Å²) in [5.74, 6) is 1.27. The van der Waals surface area contributed by atoms with Crippen molar-refractivity contribution < 1.29 is 9.53 Å². The van der Waals surface area contributed by atoms with Gasteiger partial charge in [-0.3, -0.25) is 9.78 Å². The molecule has 0 bridgehead atoms. The van der Waals surface area contributed by atoms with E-state index in [1.807, 2.05) is 12.1 Å². The number of pyridine rings is 1. The van der Waals surface area contributed by atoms with Crippen molar-refractivity contribution in [1.29, 1.82) is 0 Å². The van der Waals surface area contributed by atoms with E-state index in [9.17, 15) is 4.79 Å². The van der Waals surface area contributed by atoms with Crippen LogP contribution >= 0.6 is 0 Å². The summed E-state index contributed by atoms with van der Waals surface area (Å²) in [4.78, 5) is 16.1. The number of aromatic nitrogens is 1. The predicted molar refractivity (Wildman–Crippen MR) is 89.5 cm³/mol. The Bertz CT molecular complexity index is 643. The van der Waals surface area contributed by atoms with E-state index in [-0.39, 0.29) is 5.91 Å². The van der Waals surface area contributed by atoms with Crippen molar-refractivity contribution >= 4 is 5.91 Å². The lowest BCUT2D eigenvalue weighted by Crippen LogP contribution is -2.26. The van der Waals surface area contributed by atoms with E-state index in [1.165, 1.54) is 11.1 Å². The lowest BCUT2D eigenvalue weighted by molar-refractivity contribution is -0.121. The molecular weight excluding hydrogens is 288 g/mol. The molecule has 1 aromatic carbocycles. The molecule has 1 heterocycles. The summed E-state index contributed by atoms with van der Waals surface area (Å²) in [6.45, 7) is 1.23. The number of carbonyl (C=O) groups is 1. The second-order valence-electron chi connectivity index (χ2n) is 5.88. The highest BCUT2D eigenvalue weighted by molar-refractivity contribution is 5.77. The van der Waals surface area contributed by atoms with Gasteiger partial charge in [0, 0.05) is 19.2 Å². The van der Waals surface area contributed by atoms with Crippen LogP contribution in [0.5, 0.6) is 5.75 Å². The summed E-state index contributed by atoms with van der Waals surface area (Å²) in [6.07, 6.45) is 6.96. The van der Waals surface area contributed by atoms with Gasteiger partial charge in [0.25, 0.3) is 0 Å². The van der Waals surface area contributed by atoms with Crippen LogP contribution in [0.25, 0.3) is 0 Å². The molecule has 23 heavy (non-hydrogen) atoms. The first-order valence-corrected chi connectivity index (χ1v) is 8.20. The third-order valence-corrected chi connectivity index (χ3v) is 4.24. The van der Waals surface area contributed by atoms with Crippen LogP contribution in [0.3, 0.4) is 0 Å². The van der Waals surface area contributed by atoms with Gasteiger partial charge in [-0.25, -0.2) is 0 Å². The topological polar surface area (TPSA) is 51.2 Å². The molecule has 4 nitrogen and oxygen atoms in total. The van der Waals surface area contributed by atoms with Crippen molar-refractivity contribution in [3.05, 3.63) is 59.9 Å². The second kappa shape index (κ2) is 7.77. The van der Waals surface area contributed by atoms with Crippen molar-refractivity contribution in [3.8, 4) is 5.75 Å². The van der Waals surface area contributed by atoms with Gasteiger partial charge < -0.3 is 10.1 Å². The number of fused-ring (bicyclic) bond motifs is 1. The summed E-state index contributed by atoms with van der Waals surface area (Å²) in [5, 5.41) is 2.99. The molecule has 1 atom stereocenters. The maximum atomic E-state index is 12.1. The Kier molecular flexibility index (Phi) is 5.25. The molecule has 4 heteroatoms. The number of benzene rings is 1. The van der Waals surface area contributed by atoms with Crippen LogP contribution < -0.4 is 10.1 Å². The van der Waals surface area contributed by atoms with Gasteiger partial charge in [0.1, 0.15) is 5.75 Å². The normalized spacial score (nSPS) is 15.9. The lowest BCUT2D eigenvalue weighted by atomic mass is 9.97. The number of nitrogens with zero attached hydrogens (tertiary/aromatic N) is 1. The van der Waals surface area contributed by atoms with Crippen molar-refractivity contribution in [2.45, 2.75) is 31.6 Å². The molecule has 0 radical (unpaired) electrons. The molecule has 2 aromatic rings. The van der Waals surface area contributed by atoms with Crippen molar-refractivity contribution in [2.24, 2.45) is 0 Å². The largest absolute Gasteiger partial charge is 0.492 e. The zero-order valence-corrected chi connectivity index (χ0v) is 13.2. The van der Waals surface area contributed by atoms with Crippen LogP contribution in [0.4, 0.5) is 0 Å². The fourth-order valence-corrected chi connectivity index (χ4v) is 3.08.